The van der Waals surface area contributed by atoms with Gasteiger partial charge >= 0.3 is 0 Å². The van der Waals surface area contributed by atoms with E-state index in [2.05, 4.69) is 47.7 Å². The van der Waals surface area contributed by atoms with Crippen LogP contribution in [0.2, 0.25) is 0 Å². The number of ether oxygens (including phenoxy) is 1. The van der Waals surface area contributed by atoms with E-state index in [1.807, 2.05) is 48.7 Å². The van der Waals surface area contributed by atoms with E-state index in [0.717, 1.165) is 38.6 Å². The van der Waals surface area contributed by atoms with Gasteiger partial charge in [-0.15, -0.1) is 0 Å². The minimum atomic E-state index is 0.134. The van der Waals surface area contributed by atoms with Crippen LogP contribution in [0.3, 0.4) is 0 Å². The van der Waals surface area contributed by atoms with Crippen LogP contribution in [0.15, 0.2) is 85.1 Å². The normalized spacial score (nSPS) is 11.5. The van der Waals surface area contributed by atoms with Crippen molar-refractivity contribution in [1.29, 1.82) is 0 Å². The predicted octanol–water partition coefficient (Wildman–Crippen LogP) is 6.84. The summed E-state index contributed by atoms with van der Waals surface area (Å²) in [6.07, 6.45) is 1.85. The maximum absolute atomic E-state index is 10.2. The highest BCUT2D eigenvalue weighted by molar-refractivity contribution is 6.09. The number of benzene rings is 3. The van der Waals surface area contributed by atoms with E-state index >= 15 is 0 Å². The largest absolute Gasteiger partial charge is 0.506 e. The van der Waals surface area contributed by atoms with Crippen LogP contribution >= 0.6 is 0 Å². The summed E-state index contributed by atoms with van der Waals surface area (Å²) in [6, 6.07) is 25.5. The monoisotopic (exact) mass is 431 g/mol. The van der Waals surface area contributed by atoms with E-state index in [0.29, 0.717) is 17.1 Å². The second kappa shape index (κ2) is 7.35. The van der Waals surface area contributed by atoms with Gasteiger partial charge in [0.25, 0.3) is 0 Å². The summed E-state index contributed by atoms with van der Waals surface area (Å²) in [6.45, 7) is 4.20. The molecule has 0 atom stereocenters. The Bertz CT molecular complexity index is 1680. The molecule has 6 rings (SSSR count). The van der Waals surface area contributed by atoms with Crippen LogP contribution < -0.4 is 4.74 Å². The van der Waals surface area contributed by atoms with Crippen LogP contribution in [0.25, 0.3) is 38.5 Å². The quantitative estimate of drug-likeness (QED) is 0.333. The molecule has 160 valence electrons. The molecular weight excluding hydrogens is 410 g/mol. The zero-order valence-electron chi connectivity index (χ0n) is 18.3. The third-order valence-corrected chi connectivity index (χ3v) is 6.20. The van der Waals surface area contributed by atoms with Gasteiger partial charge in [-0.2, -0.15) is 0 Å². The Hall–Kier alpha value is -4.38. The summed E-state index contributed by atoms with van der Waals surface area (Å²) in [5, 5.41) is 13.3. The summed E-state index contributed by atoms with van der Waals surface area (Å²) in [4.78, 5) is 9.23. The second-order valence-corrected chi connectivity index (χ2v) is 8.21. The van der Waals surface area contributed by atoms with E-state index in [1.54, 1.807) is 12.1 Å². The summed E-state index contributed by atoms with van der Waals surface area (Å²) in [7, 11) is 0. The smallest absolute Gasteiger partial charge is 0.219 e. The summed E-state index contributed by atoms with van der Waals surface area (Å²) < 4.78 is 8.33. The highest BCUT2D eigenvalue weighted by atomic mass is 16.5. The van der Waals surface area contributed by atoms with Crippen molar-refractivity contribution in [2.75, 3.05) is 0 Å². The van der Waals surface area contributed by atoms with E-state index in [-0.39, 0.29) is 5.75 Å². The molecule has 5 heteroatoms. The molecule has 0 spiro atoms. The van der Waals surface area contributed by atoms with E-state index in [4.69, 9.17) is 9.72 Å². The van der Waals surface area contributed by atoms with Crippen LogP contribution in [0, 0.1) is 13.8 Å². The lowest BCUT2D eigenvalue weighted by atomic mass is 10.1. The molecule has 0 bridgehead atoms. The highest BCUT2D eigenvalue weighted by Crippen LogP contribution is 2.36. The van der Waals surface area contributed by atoms with E-state index in [9.17, 15) is 5.11 Å². The standard InChI is InChI=1S/C28H21N3O2/c1-17-14-15-29-28(18(17)2)31-23-8-4-3-7-21(23)22-12-11-20(16-24(22)31)33-26-13-10-19-6-5-9-25(32)27(19)30-26/h3-16,32H,1-2H3. The number of pyridine rings is 2. The van der Waals surface area contributed by atoms with Crippen molar-refractivity contribution in [3.8, 4) is 23.2 Å². The Morgan fingerprint density at radius 3 is 2.58 bits per heavy atom. The zero-order valence-corrected chi connectivity index (χ0v) is 18.3. The number of aryl methyl sites for hydroxylation is 1. The van der Waals surface area contributed by atoms with Crippen molar-refractivity contribution in [2.24, 2.45) is 0 Å². The fraction of sp³-hybridized carbons (Fsp3) is 0.0714. The molecule has 33 heavy (non-hydrogen) atoms. The molecule has 3 heterocycles. The molecular formula is C28H21N3O2. The fourth-order valence-corrected chi connectivity index (χ4v) is 4.38. The Kier molecular flexibility index (Phi) is 4.30. The summed E-state index contributed by atoms with van der Waals surface area (Å²) in [5.74, 6) is 2.14. The summed E-state index contributed by atoms with van der Waals surface area (Å²) >= 11 is 0. The Balaban J connectivity index is 1.54. The number of aromatic nitrogens is 3. The van der Waals surface area contributed by atoms with Gasteiger partial charge in [0.05, 0.1) is 11.0 Å². The minimum absolute atomic E-state index is 0.134. The first-order chi connectivity index (χ1) is 16.1. The maximum Gasteiger partial charge on any atom is 0.219 e. The number of aromatic hydroxyl groups is 1. The van der Waals surface area contributed by atoms with Gasteiger partial charge in [-0.25, -0.2) is 9.97 Å². The van der Waals surface area contributed by atoms with Gasteiger partial charge in [0.15, 0.2) is 0 Å². The van der Waals surface area contributed by atoms with Gasteiger partial charge < -0.3 is 9.84 Å². The molecule has 3 aromatic heterocycles. The lowest BCUT2D eigenvalue weighted by Crippen LogP contribution is -2.01. The van der Waals surface area contributed by atoms with Crippen molar-refractivity contribution >= 4 is 32.7 Å². The van der Waals surface area contributed by atoms with Gasteiger partial charge in [0, 0.05) is 34.5 Å². The summed E-state index contributed by atoms with van der Waals surface area (Å²) in [5.41, 5.74) is 4.96. The van der Waals surface area contributed by atoms with Crippen LogP contribution in [0.5, 0.6) is 17.4 Å². The molecule has 0 aliphatic carbocycles. The molecule has 0 unspecified atom stereocenters. The first-order valence-corrected chi connectivity index (χ1v) is 10.8. The number of nitrogens with zero attached hydrogens (tertiary/aromatic N) is 3. The van der Waals surface area contributed by atoms with Crippen LogP contribution in [0.4, 0.5) is 0 Å². The van der Waals surface area contributed by atoms with Crippen molar-refractivity contribution in [3.05, 3.63) is 96.2 Å². The topological polar surface area (TPSA) is 60.2 Å². The van der Waals surface area contributed by atoms with Crippen molar-refractivity contribution in [2.45, 2.75) is 13.8 Å². The van der Waals surface area contributed by atoms with Crippen molar-refractivity contribution in [3.63, 3.8) is 0 Å². The van der Waals surface area contributed by atoms with Gasteiger partial charge in [-0.05, 0) is 61.4 Å². The second-order valence-electron chi connectivity index (χ2n) is 8.21. The van der Waals surface area contributed by atoms with Gasteiger partial charge in [-0.1, -0.05) is 30.3 Å². The number of fused-ring (bicyclic) bond motifs is 4. The molecule has 1 N–H and O–H groups in total. The first-order valence-electron chi connectivity index (χ1n) is 10.8. The van der Waals surface area contributed by atoms with Gasteiger partial charge in [-0.3, -0.25) is 4.57 Å². The van der Waals surface area contributed by atoms with Crippen LogP contribution in [-0.2, 0) is 0 Å². The Labute approximate surface area is 190 Å². The molecule has 0 aliphatic rings. The molecule has 0 fully saturated rings. The number of para-hydroxylation sites is 2. The third-order valence-electron chi connectivity index (χ3n) is 6.20. The van der Waals surface area contributed by atoms with E-state index < -0.39 is 0 Å². The first kappa shape index (κ1) is 19.3. The molecule has 0 amide bonds. The number of rotatable bonds is 3. The SMILES string of the molecule is Cc1ccnc(-n2c3ccccc3c3ccc(Oc4ccc5cccc(O)c5n4)cc32)c1C. The lowest BCUT2D eigenvalue weighted by Gasteiger charge is -2.12. The maximum atomic E-state index is 10.2. The average Bonchev–Trinajstić information content (AvgIpc) is 3.15. The van der Waals surface area contributed by atoms with E-state index in [1.165, 1.54) is 5.56 Å². The van der Waals surface area contributed by atoms with Gasteiger partial charge in [0.1, 0.15) is 22.8 Å². The molecule has 0 saturated carbocycles. The molecule has 3 aromatic carbocycles. The number of phenolic OH excluding ortho intramolecular Hbond substituents is 1. The zero-order chi connectivity index (χ0) is 22.5. The van der Waals surface area contributed by atoms with Gasteiger partial charge in [0.2, 0.25) is 5.88 Å². The fourth-order valence-electron chi connectivity index (χ4n) is 4.38. The number of hydrogen-bond donors (Lipinski definition) is 1. The van der Waals surface area contributed by atoms with Crippen molar-refractivity contribution in [1.82, 2.24) is 14.5 Å². The molecule has 0 aliphatic heterocycles. The average molecular weight is 431 g/mol. The molecule has 0 saturated heterocycles. The molecule has 0 radical (unpaired) electrons. The molecule has 6 aromatic rings. The third kappa shape index (κ3) is 3.09. The Morgan fingerprint density at radius 2 is 1.67 bits per heavy atom. The highest BCUT2D eigenvalue weighted by Gasteiger charge is 2.16. The predicted molar refractivity (Wildman–Crippen MR) is 132 cm³/mol. The van der Waals surface area contributed by atoms with Crippen LogP contribution in [-0.4, -0.2) is 19.6 Å². The lowest BCUT2D eigenvalue weighted by molar-refractivity contribution is 0.460. The van der Waals surface area contributed by atoms with Crippen molar-refractivity contribution < 1.29 is 9.84 Å². The Morgan fingerprint density at radius 1 is 0.818 bits per heavy atom. The van der Waals surface area contributed by atoms with Crippen LogP contribution in [0.1, 0.15) is 11.1 Å². The minimum Gasteiger partial charge on any atom is -0.506 e. The number of phenols is 1. The molecule has 5 nitrogen and oxygen atoms in total. The number of hydrogen-bond acceptors (Lipinski definition) is 4.